The van der Waals surface area contributed by atoms with Gasteiger partial charge in [0.1, 0.15) is 5.82 Å². The van der Waals surface area contributed by atoms with Crippen LogP contribution < -0.4 is 0 Å². The van der Waals surface area contributed by atoms with E-state index in [2.05, 4.69) is 47.7 Å². The topological polar surface area (TPSA) is 33.6 Å². The first-order chi connectivity index (χ1) is 14.4. The maximum absolute atomic E-state index is 13.7. The normalized spacial score (nSPS) is 25.9. The predicted octanol–water partition coefficient (Wildman–Crippen LogP) is 7.06. The lowest BCUT2D eigenvalue weighted by Gasteiger charge is -2.57. The van der Waals surface area contributed by atoms with Gasteiger partial charge in [-0.25, -0.2) is 4.39 Å². The quantitative estimate of drug-likeness (QED) is 0.391. The number of aromatic nitrogens is 3. The van der Waals surface area contributed by atoms with Crippen molar-refractivity contribution < 1.29 is 4.39 Å². The second kappa shape index (κ2) is 6.19. The zero-order valence-electron chi connectivity index (χ0n) is 17.9. The third-order valence-corrected chi connectivity index (χ3v) is 7.57. The summed E-state index contributed by atoms with van der Waals surface area (Å²) in [6.07, 6.45) is 7.28. The van der Waals surface area contributed by atoms with E-state index >= 15 is 0 Å². The molecule has 0 amide bonds. The Labute approximate surface area is 176 Å². The first kappa shape index (κ1) is 18.2. The molecule has 0 radical (unpaired) electrons. The molecule has 4 heteroatoms. The van der Waals surface area contributed by atoms with Crippen LogP contribution in [0.4, 0.5) is 4.39 Å². The fraction of sp³-hybridized carbons (Fsp3) is 0.423. The van der Waals surface area contributed by atoms with Gasteiger partial charge in [0.05, 0.1) is 17.2 Å². The highest BCUT2D eigenvalue weighted by molar-refractivity contribution is 5.99. The molecule has 30 heavy (non-hydrogen) atoms. The molecule has 2 heterocycles. The molecule has 0 bridgehead atoms. The number of nitrogens with zero attached hydrogens (tertiary/aromatic N) is 2. The smallest absolute Gasteiger partial charge is 0.123 e. The van der Waals surface area contributed by atoms with E-state index in [4.69, 9.17) is 0 Å². The van der Waals surface area contributed by atoms with Crippen LogP contribution in [0.3, 0.4) is 0 Å². The Morgan fingerprint density at radius 1 is 1.10 bits per heavy atom. The summed E-state index contributed by atoms with van der Waals surface area (Å²) in [5.74, 6) is 1.68. The maximum Gasteiger partial charge on any atom is 0.123 e. The lowest BCUT2D eigenvalue weighted by molar-refractivity contribution is -0.0340. The molecule has 2 fully saturated rings. The first-order valence-electron chi connectivity index (χ1n) is 11.2. The number of hydrogen-bond donors (Lipinski definition) is 1. The van der Waals surface area contributed by atoms with Gasteiger partial charge in [-0.3, -0.25) is 5.10 Å². The number of H-pyrrole nitrogens is 1. The van der Waals surface area contributed by atoms with Crippen LogP contribution in [0.2, 0.25) is 0 Å². The maximum atomic E-state index is 13.7. The summed E-state index contributed by atoms with van der Waals surface area (Å²) < 4.78 is 16.1. The first-order valence-corrected chi connectivity index (χ1v) is 11.2. The van der Waals surface area contributed by atoms with E-state index in [9.17, 15) is 4.39 Å². The summed E-state index contributed by atoms with van der Waals surface area (Å²) in [5.41, 5.74) is 6.81. The van der Waals surface area contributed by atoms with Crippen LogP contribution in [0.15, 0.2) is 42.6 Å². The van der Waals surface area contributed by atoms with Gasteiger partial charge in [-0.05, 0) is 90.8 Å². The van der Waals surface area contributed by atoms with E-state index in [1.807, 2.05) is 18.3 Å². The minimum Gasteiger partial charge on any atom is -0.313 e. The third kappa shape index (κ3) is 2.52. The molecule has 0 unspecified atom stereocenters. The highest BCUT2D eigenvalue weighted by atomic mass is 19.1. The van der Waals surface area contributed by atoms with Crippen LogP contribution >= 0.6 is 0 Å². The highest BCUT2D eigenvalue weighted by Crippen LogP contribution is 2.65. The molecule has 2 aromatic carbocycles. The number of aromatic amines is 1. The summed E-state index contributed by atoms with van der Waals surface area (Å²) in [4.78, 5) is 0. The minimum atomic E-state index is -0.196. The highest BCUT2D eigenvalue weighted by Gasteiger charge is 2.52. The fourth-order valence-corrected chi connectivity index (χ4v) is 6.58. The SMILES string of the molecule is CC1CC2(C1)CC(c1c(C(C)C)n(-c3ccc(F)cc3)c3cc4cn[nH]c4cc13)C2. The molecule has 1 spiro atoms. The number of fused-ring (bicyclic) bond motifs is 2. The molecule has 2 saturated carbocycles. The lowest BCUT2D eigenvalue weighted by Crippen LogP contribution is -2.45. The van der Waals surface area contributed by atoms with Gasteiger partial charge in [-0.1, -0.05) is 20.8 Å². The van der Waals surface area contributed by atoms with Crippen molar-refractivity contribution in [1.29, 1.82) is 0 Å². The van der Waals surface area contributed by atoms with Gasteiger partial charge in [0.2, 0.25) is 0 Å². The molecule has 154 valence electrons. The molecular formula is C26H28FN3. The number of hydrogen-bond acceptors (Lipinski definition) is 1. The molecule has 0 aliphatic heterocycles. The van der Waals surface area contributed by atoms with Crippen molar-refractivity contribution in [3.8, 4) is 5.69 Å². The Morgan fingerprint density at radius 2 is 1.83 bits per heavy atom. The van der Waals surface area contributed by atoms with Crippen LogP contribution in [0.1, 0.15) is 69.5 Å². The molecule has 0 atom stereocenters. The molecular weight excluding hydrogens is 373 g/mol. The molecule has 2 aromatic heterocycles. The Hall–Kier alpha value is -2.62. The minimum absolute atomic E-state index is 0.196. The Morgan fingerprint density at radius 3 is 2.50 bits per heavy atom. The van der Waals surface area contributed by atoms with E-state index < -0.39 is 0 Å². The molecule has 1 N–H and O–H groups in total. The molecule has 6 rings (SSSR count). The van der Waals surface area contributed by atoms with E-state index in [0.717, 1.165) is 22.5 Å². The average Bonchev–Trinajstić information content (AvgIpc) is 3.24. The second-order valence-electron chi connectivity index (χ2n) is 10.2. The molecule has 0 saturated heterocycles. The van der Waals surface area contributed by atoms with E-state index in [-0.39, 0.29) is 5.82 Å². The van der Waals surface area contributed by atoms with Crippen LogP contribution in [0.5, 0.6) is 0 Å². The van der Waals surface area contributed by atoms with Crippen molar-refractivity contribution in [1.82, 2.24) is 14.8 Å². The van der Waals surface area contributed by atoms with Gasteiger partial charge in [-0.2, -0.15) is 5.10 Å². The monoisotopic (exact) mass is 401 g/mol. The summed E-state index contributed by atoms with van der Waals surface area (Å²) >= 11 is 0. The average molecular weight is 402 g/mol. The number of halogens is 1. The largest absolute Gasteiger partial charge is 0.313 e. The number of rotatable bonds is 3. The molecule has 3 nitrogen and oxygen atoms in total. The van der Waals surface area contributed by atoms with Crippen molar-refractivity contribution >= 4 is 21.8 Å². The summed E-state index contributed by atoms with van der Waals surface area (Å²) in [7, 11) is 0. The van der Waals surface area contributed by atoms with Gasteiger partial charge in [0, 0.05) is 22.2 Å². The molecule has 2 aliphatic carbocycles. The van der Waals surface area contributed by atoms with Crippen LogP contribution in [-0.4, -0.2) is 14.8 Å². The van der Waals surface area contributed by atoms with Crippen molar-refractivity contribution in [2.45, 2.75) is 58.3 Å². The Balaban J connectivity index is 1.60. The van der Waals surface area contributed by atoms with Crippen LogP contribution in [-0.2, 0) is 0 Å². The lowest BCUT2D eigenvalue weighted by atomic mass is 9.47. The summed E-state index contributed by atoms with van der Waals surface area (Å²) in [5, 5.41) is 9.85. The fourth-order valence-electron chi connectivity index (χ4n) is 6.58. The summed E-state index contributed by atoms with van der Waals surface area (Å²) in [6.45, 7) is 6.95. The van der Waals surface area contributed by atoms with E-state index in [1.54, 1.807) is 12.1 Å². The van der Waals surface area contributed by atoms with Crippen molar-refractivity contribution in [2.75, 3.05) is 0 Å². The summed E-state index contributed by atoms with van der Waals surface area (Å²) in [6, 6.07) is 11.5. The van der Waals surface area contributed by atoms with Gasteiger partial charge >= 0.3 is 0 Å². The predicted molar refractivity (Wildman–Crippen MR) is 120 cm³/mol. The Kier molecular flexibility index (Phi) is 3.75. The van der Waals surface area contributed by atoms with Crippen molar-refractivity contribution in [2.24, 2.45) is 11.3 Å². The van der Waals surface area contributed by atoms with Gasteiger partial charge in [0.25, 0.3) is 0 Å². The van der Waals surface area contributed by atoms with Crippen LogP contribution in [0, 0.1) is 17.2 Å². The standard InChI is InChI=1S/C26H28FN3/c1-15(2)25-24(18-12-26(13-18)10-16(3)11-26)21-9-22-17(14-28-29-22)8-23(21)30(25)20-6-4-19(27)5-7-20/h4-9,14-16,18H,10-13H2,1-3H3,(H,28,29). The zero-order valence-corrected chi connectivity index (χ0v) is 17.9. The van der Waals surface area contributed by atoms with E-state index in [0.29, 0.717) is 17.3 Å². The second-order valence-corrected chi connectivity index (χ2v) is 10.2. The number of benzene rings is 2. The third-order valence-electron chi connectivity index (χ3n) is 7.57. The molecule has 4 aromatic rings. The van der Waals surface area contributed by atoms with Crippen LogP contribution in [0.25, 0.3) is 27.5 Å². The zero-order chi connectivity index (χ0) is 20.6. The molecule has 2 aliphatic rings. The number of nitrogens with one attached hydrogen (secondary N) is 1. The van der Waals surface area contributed by atoms with Gasteiger partial charge in [-0.15, -0.1) is 0 Å². The Bertz CT molecular complexity index is 1250. The van der Waals surface area contributed by atoms with Gasteiger partial charge < -0.3 is 4.57 Å². The van der Waals surface area contributed by atoms with Gasteiger partial charge in [0.15, 0.2) is 0 Å². The van der Waals surface area contributed by atoms with Crippen molar-refractivity contribution in [3.63, 3.8) is 0 Å². The van der Waals surface area contributed by atoms with Crippen molar-refractivity contribution in [3.05, 3.63) is 59.7 Å². The van der Waals surface area contributed by atoms with E-state index in [1.165, 1.54) is 47.8 Å².